The molecule has 0 radical (unpaired) electrons. The van der Waals surface area contributed by atoms with Crippen LogP contribution in [0.25, 0.3) is 11.1 Å². The van der Waals surface area contributed by atoms with E-state index in [1.807, 2.05) is 31.2 Å². The van der Waals surface area contributed by atoms with Crippen LogP contribution in [0.15, 0.2) is 66.7 Å². The molecule has 2 amide bonds. The molecule has 3 aromatic rings. The lowest BCUT2D eigenvalue weighted by molar-refractivity contribution is -0.116. The molecular formula is C27H25ClN2O5. The van der Waals surface area contributed by atoms with Crippen LogP contribution in [0.4, 0.5) is 10.5 Å². The standard InChI is InChI=1S/C27H25ClN2O5/c1-16(10-25(31)30-19-12-17(26(32)33)11-18(28)13-19)14-29-27(34)35-15-24-22-8-4-2-6-20(22)21-7-3-5-9-23(21)24/h2-9,11-13,16,24H,10,14-15H2,1H3,(H,29,34)(H,30,31)(H,32,33). The van der Waals surface area contributed by atoms with E-state index in [2.05, 4.69) is 34.9 Å². The summed E-state index contributed by atoms with van der Waals surface area (Å²) >= 11 is 5.92. The Kier molecular flexibility index (Phi) is 7.36. The molecule has 0 saturated carbocycles. The van der Waals surface area contributed by atoms with Crippen molar-refractivity contribution in [2.75, 3.05) is 18.5 Å². The summed E-state index contributed by atoms with van der Waals surface area (Å²) in [5.41, 5.74) is 4.88. The minimum atomic E-state index is -1.14. The molecule has 0 spiro atoms. The summed E-state index contributed by atoms with van der Waals surface area (Å²) in [6, 6.07) is 20.4. The monoisotopic (exact) mass is 492 g/mol. The number of hydrogen-bond acceptors (Lipinski definition) is 4. The lowest BCUT2D eigenvalue weighted by Gasteiger charge is -2.16. The minimum Gasteiger partial charge on any atom is -0.478 e. The number of amides is 2. The van der Waals surface area contributed by atoms with Gasteiger partial charge in [-0.05, 0) is 46.4 Å². The van der Waals surface area contributed by atoms with E-state index in [1.165, 1.54) is 18.2 Å². The number of fused-ring (bicyclic) bond motifs is 3. The van der Waals surface area contributed by atoms with E-state index in [0.717, 1.165) is 22.3 Å². The van der Waals surface area contributed by atoms with E-state index < -0.39 is 12.1 Å². The maximum Gasteiger partial charge on any atom is 0.407 e. The SMILES string of the molecule is CC(CNC(=O)OCC1c2ccccc2-c2ccccc21)CC(=O)Nc1cc(Cl)cc(C(=O)O)c1. The molecular weight excluding hydrogens is 468 g/mol. The molecule has 1 aliphatic rings. The lowest BCUT2D eigenvalue weighted by Crippen LogP contribution is -2.31. The third-order valence-electron chi connectivity index (χ3n) is 5.90. The van der Waals surface area contributed by atoms with E-state index in [0.29, 0.717) is 5.69 Å². The Labute approximate surface area is 208 Å². The number of ether oxygens (including phenoxy) is 1. The average molecular weight is 493 g/mol. The van der Waals surface area contributed by atoms with E-state index in [9.17, 15) is 14.4 Å². The summed E-state index contributed by atoms with van der Waals surface area (Å²) in [5.74, 6) is -1.65. The fraction of sp³-hybridized carbons (Fsp3) is 0.222. The molecule has 1 unspecified atom stereocenters. The Morgan fingerprint density at radius 1 is 1.00 bits per heavy atom. The van der Waals surface area contributed by atoms with Crippen molar-refractivity contribution in [3.8, 4) is 11.1 Å². The summed E-state index contributed by atoms with van der Waals surface area (Å²) in [4.78, 5) is 35.8. The second-order valence-corrected chi connectivity index (χ2v) is 9.03. The first-order valence-electron chi connectivity index (χ1n) is 11.2. The summed E-state index contributed by atoms with van der Waals surface area (Å²) < 4.78 is 5.52. The van der Waals surface area contributed by atoms with Gasteiger partial charge in [-0.3, -0.25) is 4.79 Å². The predicted octanol–water partition coefficient (Wildman–Crippen LogP) is 5.54. The molecule has 1 atom stereocenters. The molecule has 3 N–H and O–H groups in total. The van der Waals surface area contributed by atoms with Gasteiger partial charge in [0, 0.05) is 29.6 Å². The number of alkyl carbamates (subject to hydrolysis) is 1. The van der Waals surface area contributed by atoms with Gasteiger partial charge in [-0.25, -0.2) is 9.59 Å². The quantitative estimate of drug-likeness (QED) is 0.383. The maximum atomic E-state index is 12.3. The van der Waals surface area contributed by atoms with Crippen LogP contribution in [-0.2, 0) is 9.53 Å². The average Bonchev–Trinajstić information content (AvgIpc) is 3.14. The second-order valence-electron chi connectivity index (χ2n) is 8.60. The van der Waals surface area contributed by atoms with Gasteiger partial charge < -0.3 is 20.5 Å². The molecule has 180 valence electrons. The van der Waals surface area contributed by atoms with Gasteiger partial charge in [0.15, 0.2) is 0 Å². The number of rotatable bonds is 8. The van der Waals surface area contributed by atoms with E-state index in [-0.39, 0.29) is 47.9 Å². The molecule has 0 bridgehead atoms. The fourth-order valence-electron chi connectivity index (χ4n) is 4.29. The van der Waals surface area contributed by atoms with Crippen LogP contribution >= 0.6 is 11.6 Å². The van der Waals surface area contributed by atoms with Crippen molar-refractivity contribution >= 4 is 35.3 Å². The van der Waals surface area contributed by atoms with E-state index in [1.54, 1.807) is 0 Å². The smallest absolute Gasteiger partial charge is 0.407 e. The van der Waals surface area contributed by atoms with Crippen LogP contribution in [0.3, 0.4) is 0 Å². The molecule has 35 heavy (non-hydrogen) atoms. The van der Waals surface area contributed by atoms with Crippen LogP contribution in [-0.4, -0.2) is 36.2 Å². The van der Waals surface area contributed by atoms with E-state index in [4.69, 9.17) is 21.4 Å². The lowest BCUT2D eigenvalue weighted by atomic mass is 9.98. The zero-order valence-corrected chi connectivity index (χ0v) is 19.8. The minimum absolute atomic E-state index is 0.0160. The first-order valence-corrected chi connectivity index (χ1v) is 11.6. The van der Waals surface area contributed by atoms with Gasteiger partial charge in [0.2, 0.25) is 5.91 Å². The van der Waals surface area contributed by atoms with Crippen molar-refractivity contribution in [2.24, 2.45) is 5.92 Å². The molecule has 0 fully saturated rings. The molecule has 0 aliphatic heterocycles. The number of aromatic carboxylic acids is 1. The Hall–Kier alpha value is -3.84. The third kappa shape index (κ3) is 5.81. The normalized spacial score (nSPS) is 12.9. The van der Waals surface area contributed by atoms with Gasteiger partial charge in [0.05, 0.1) is 5.56 Å². The zero-order valence-electron chi connectivity index (χ0n) is 19.1. The van der Waals surface area contributed by atoms with Gasteiger partial charge >= 0.3 is 12.1 Å². The highest BCUT2D eigenvalue weighted by molar-refractivity contribution is 6.31. The predicted molar refractivity (Wildman–Crippen MR) is 134 cm³/mol. The van der Waals surface area contributed by atoms with Gasteiger partial charge in [-0.1, -0.05) is 67.1 Å². The molecule has 0 saturated heterocycles. The third-order valence-corrected chi connectivity index (χ3v) is 6.12. The van der Waals surface area contributed by atoms with Crippen LogP contribution in [0.5, 0.6) is 0 Å². The number of carbonyl (C=O) groups is 3. The van der Waals surface area contributed by atoms with Gasteiger partial charge in [-0.15, -0.1) is 0 Å². The second kappa shape index (κ2) is 10.6. The highest BCUT2D eigenvalue weighted by Crippen LogP contribution is 2.44. The summed E-state index contributed by atoms with van der Waals surface area (Å²) in [6.45, 7) is 2.29. The number of anilines is 1. The van der Waals surface area contributed by atoms with Gasteiger partial charge in [0.25, 0.3) is 0 Å². The number of hydrogen-bond donors (Lipinski definition) is 3. The van der Waals surface area contributed by atoms with Gasteiger partial charge in [0.1, 0.15) is 6.61 Å². The Balaban J connectivity index is 1.26. The molecule has 3 aromatic carbocycles. The molecule has 0 aromatic heterocycles. The molecule has 8 heteroatoms. The Morgan fingerprint density at radius 3 is 2.26 bits per heavy atom. The summed E-state index contributed by atoms with van der Waals surface area (Å²) in [6.07, 6.45) is -0.418. The molecule has 4 rings (SSSR count). The first kappa shape index (κ1) is 24.3. The van der Waals surface area contributed by atoms with Crippen LogP contribution in [0, 0.1) is 5.92 Å². The van der Waals surface area contributed by atoms with Crippen molar-refractivity contribution < 1.29 is 24.2 Å². The van der Waals surface area contributed by atoms with Crippen molar-refractivity contribution in [3.63, 3.8) is 0 Å². The van der Waals surface area contributed by atoms with Crippen LogP contribution < -0.4 is 10.6 Å². The highest BCUT2D eigenvalue weighted by atomic mass is 35.5. The molecule has 7 nitrogen and oxygen atoms in total. The topological polar surface area (TPSA) is 105 Å². The van der Waals surface area contributed by atoms with Crippen molar-refractivity contribution in [2.45, 2.75) is 19.3 Å². The molecule has 1 aliphatic carbocycles. The van der Waals surface area contributed by atoms with Crippen molar-refractivity contribution in [3.05, 3.63) is 88.4 Å². The highest BCUT2D eigenvalue weighted by Gasteiger charge is 2.29. The van der Waals surface area contributed by atoms with Crippen molar-refractivity contribution in [1.82, 2.24) is 5.32 Å². The summed E-state index contributed by atoms with van der Waals surface area (Å²) in [5, 5.41) is 14.7. The number of carboxylic acid groups (broad SMARTS) is 1. The Morgan fingerprint density at radius 2 is 1.63 bits per heavy atom. The van der Waals surface area contributed by atoms with E-state index >= 15 is 0 Å². The fourth-order valence-corrected chi connectivity index (χ4v) is 4.53. The maximum absolute atomic E-state index is 12.3. The number of benzene rings is 3. The summed E-state index contributed by atoms with van der Waals surface area (Å²) in [7, 11) is 0. The number of halogens is 1. The zero-order chi connectivity index (χ0) is 24.9. The largest absolute Gasteiger partial charge is 0.478 e. The number of carboxylic acids is 1. The van der Waals surface area contributed by atoms with Crippen molar-refractivity contribution in [1.29, 1.82) is 0 Å². The number of carbonyl (C=O) groups excluding carboxylic acids is 2. The van der Waals surface area contributed by atoms with Crippen LogP contribution in [0.1, 0.15) is 40.7 Å². The number of nitrogens with one attached hydrogen (secondary N) is 2. The van der Waals surface area contributed by atoms with Crippen LogP contribution in [0.2, 0.25) is 5.02 Å². The van der Waals surface area contributed by atoms with Gasteiger partial charge in [-0.2, -0.15) is 0 Å². The first-order chi connectivity index (χ1) is 16.8. The molecule has 0 heterocycles. The Bertz CT molecular complexity index is 1230.